The number of carbonyl (C=O) groups excluding carboxylic acids is 3. The number of fused-ring (bicyclic) bond motifs is 1. The summed E-state index contributed by atoms with van der Waals surface area (Å²) in [5.74, 6) is -1.79. The zero-order valence-electron chi connectivity index (χ0n) is 25.5. The number of hydrogen-bond donors (Lipinski definition) is 1. The van der Waals surface area contributed by atoms with E-state index in [2.05, 4.69) is 13.2 Å². The van der Waals surface area contributed by atoms with Crippen LogP contribution in [-0.4, -0.2) is 74.4 Å². The van der Waals surface area contributed by atoms with Crippen LogP contribution in [0.2, 0.25) is 5.02 Å². The molecule has 0 aromatic heterocycles. The molecule has 1 N–H and O–H groups in total. The van der Waals surface area contributed by atoms with Crippen molar-refractivity contribution in [3.05, 3.63) is 90.5 Å². The fraction of sp³-hybridized carbons (Fsp3) is 0.457. The van der Waals surface area contributed by atoms with Crippen molar-refractivity contribution < 1.29 is 19.5 Å². The monoisotopic (exact) mass is 635 g/mol. The second kappa shape index (κ2) is 13.5. The first kappa shape index (κ1) is 32.3. The number of benzene rings is 2. The second-order valence-corrected chi connectivity index (χ2v) is 14.2. The molecule has 3 aliphatic rings. The van der Waals surface area contributed by atoms with Crippen LogP contribution in [0.25, 0.3) is 0 Å². The van der Waals surface area contributed by atoms with E-state index in [1.54, 1.807) is 62.9 Å². The van der Waals surface area contributed by atoms with Gasteiger partial charge in [0.2, 0.25) is 11.8 Å². The molecule has 3 amide bonds. The lowest BCUT2D eigenvalue weighted by Gasteiger charge is -2.41. The molecule has 2 aromatic carbocycles. The predicted molar refractivity (Wildman–Crippen MR) is 177 cm³/mol. The highest BCUT2D eigenvalue weighted by atomic mass is 35.5. The van der Waals surface area contributed by atoms with Crippen LogP contribution in [-0.2, 0) is 20.9 Å². The topological polar surface area (TPSA) is 81.2 Å². The molecule has 3 fully saturated rings. The van der Waals surface area contributed by atoms with Crippen molar-refractivity contribution in [2.75, 3.05) is 24.6 Å². The molecular formula is C35H42ClN3O4S. The third-order valence-corrected chi connectivity index (χ3v) is 11.9. The van der Waals surface area contributed by atoms with E-state index in [1.807, 2.05) is 44.2 Å². The number of carbonyl (C=O) groups is 3. The van der Waals surface area contributed by atoms with E-state index in [-0.39, 0.29) is 42.0 Å². The molecule has 5 rings (SSSR count). The maximum Gasteiger partial charge on any atom is 0.251 e. The Kier molecular flexibility index (Phi) is 9.93. The number of thioether (sulfide) groups is 1. The van der Waals surface area contributed by atoms with Crippen LogP contribution in [0.4, 0.5) is 5.69 Å². The fourth-order valence-electron chi connectivity index (χ4n) is 7.45. The van der Waals surface area contributed by atoms with Crippen molar-refractivity contribution in [1.29, 1.82) is 0 Å². The normalized spacial score (nSPS) is 26.6. The fourth-order valence-corrected chi connectivity index (χ4v) is 9.77. The van der Waals surface area contributed by atoms with Crippen LogP contribution in [0.1, 0.15) is 38.7 Å². The van der Waals surface area contributed by atoms with Crippen molar-refractivity contribution in [3.8, 4) is 0 Å². The van der Waals surface area contributed by atoms with Crippen LogP contribution in [0.5, 0.6) is 0 Å². The van der Waals surface area contributed by atoms with Gasteiger partial charge in [-0.15, -0.1) is 24.9 Å². The molecule has 0 radical (unpaired) electrons. The van der Waals surface area contributed by atoms with Crippen LogP contribution < -0.4 is 4.90 Å². The Morgan fingerprint density at radius 1 is 1.11 bits per heavy atom. The average Bonchev–Trinajstić information content (AvgIpc) is 3.68. The molecule has 0 aliphatic carbocycles. The van der Waals surface area contributed by atoms with Crippen molar-refractivity contribution in [3.63, 3.8) is 0 Å². The maximum atomic E-state index is 14.8. The summed E-state index contributed by atoms with van der Waals surface area (Å²) in [7, 11) is 0. The third kappa shape index (κ3) is 5.61. The molecular weight excluding hydrogens is 594 g/mol. The number of hydrogen-bond acceptors (Lipinski definition) is 5. The average molecular weight is 636 g/mol. The molecule has 9 heteroatoms. The molecule has 44 heavy (non-hydrogen) atoms. The molecule has 7 nitrogen and oxygen atoms in total. The molecule has 3 saturated heterocycles. The molecule has 234 valence electrons. The molecule has 1 spiro atoms. The van der Waals surface area contributed by atoms with Crippen LogP contribution in [0, 0.1) is 17.8 Å². The Labute approximate surface area is 269 Å². The summed E-state index contributed by atoms with van der Waals surface area (Å²) >= 11 is 7.81. The first-order valence-corrected chi connectivity index (χ1v) is 16.7. The number of amides is 3. The van der Waals surface area contributed by atoms with E-state index in [4.69, 9.17) is 11.6 Å². The zero-order valence-corrected chi connectivity index (χ0v) is 27.1. The quantitative estimate of drug-likeness (QED) is 0.291. The SMILES string of the molecule is C=CCN(Cc1ccccc1)C(=O)[C@@H]1[C@H]2C(=O)N([C@@H](CO)[C@@H](C)CC)C(C(=O)N(CC=C)c3ccc(Cl)cc3)C23CC[C@H]1S3. The number of aliphatic hydroxyl groups is 1. The van der Waals surface area contributed by atoms with Gasteiger partial charge in [0.1, 0.15) is 6.04 Å². The van der Waals surface area contributed by atoms with Crippen molar-refractivity contribution in [2.24, 2.45) is 17.8 Å². The van der Waals surface area contributed by atoms with Gasteiger partial charge in [-0.1, -0.05) is 74.4 Å². The Hall–Kier alpha value is -3.07. The summed E-state index contributed by atoms with van der Waals surface area (Å²) in [6.45, 7) is 12.6. The van der Waals surface area contributed by atoms with Gasteiger partial charge >= 0.3 is 0 Å². The smallest absolute Gasteiger partial charge is 0.251 e. The summed E-state index contributed by atoms with van der Waals surface area (Å²) in [4.78, 5) is 49.1. The summed E-state index contributed by atoms with van der Waals surface area (Å²) < 4.78 is -0.779. The first-order valence-electron chi connectivity index (χ1n) is 15.4. The molecule has 2 unspecified atom stereocenters. The summed E-state index contributed by atoms with van der Waals surface area (Å²) in [6, 6.07) is 15.5. The molecule has 3 heterocycles. The van der Waals surface area contributed by atoms with Gasteiger partial charge in [-0.2, -0.15) is 0 Å². The Bertz CT molecular complexity index is 1390. The predicted octanol–water partition coefficient (Wildman–Crippen LogP) is 5.57. The number of rotatable bonds is 13. The van der Waals surface area contributed by atoms with Crippen LogP contribution >= 0.6 is 23.4 Å². The van der Waals surface area contributed by atoms with Gasteiger partial charge < -0.3 is 19.8 Å². The lowest BCUT2D eigenvalue weighted by molar-refractivity contribution is -0.146. The lowest BCUT2D eigenvalue weighted by Crippen LogP contribution is -2.58. The van der Waals surface area contributed by atoms with Crippen molar-refractivity contribution >= 4 is 46.8 Å². The second-order valence-electron chi connectivity index (χ2n) is 12.1. The van der Waals surface area contributed by atoms with E-state index < -0.39 is 28.7 Å². The Morgan fingerprint density at radius 2 is 1.80 bits per heavy atom. The minimum absolute atomic E-state index is 0.0513. The van der Waals surface area contributed by atoms with Gasteiger partial charge in [-0.25, -0.2) is 0 Å². The molecule has 0 saturated carbocycles. The Balaban J connectivity index is 1.58. The highest BCUT2D eigenvalue weighted by molar-refractivity contribution is 8.02. The largest absolute Gasteiger partial charge is 0.394 e. The Morgan fingerprint density at radius 3 is 2.41 bits per heavy atom. The number of halogens is 1. The minimum atomic E-state index is -0.837. The molecule has 7 atom stereocenters. The van der Waals surface area contributed by atoms with E-state index >= 15 is 0 Å². The van der Waals surface area contributed by atoms with Crippen LogP contribution in [0.15, 0.2) is 79.9 Å². The van der Waals surface area contributed by atoms with Crippen LogP contribution in [0.3, 0.4) is 0 Å². The zero-order chi connectivity index (χ0) is 31.6. The van der Waals surface area contributed by atoms with Gasteiger partial charge in [0.15, 0.2) is 0 Å². The number of anilines is 1. The molecule has 3 aliphatic heterocycles. The number of likely N-dealkylation sites (tertiary alicyclic amines) is 1. The van der Waals surface area contributed by atoms with Gasteiger partial charge in [0, 0.05) is 35.6 Å². The standard InChI is InChI=1S/C35H42ClN3O4S/c1-5-19-37(21-24-11-9-8-10-12-24)32(41)29-28-17-18-35(44-28)30(29)33(42)39(27(22-40)23(4)7-3)31(35)34(43)38(20-6-2)26-15-13-25(36)14-16-26/h5-6,8-16,23,27-31,40H,1-2,7,17-22H2,3-4H3/t23-,27-,28+,29-,30-,31?,35?/m0/s1. The minimum Gasteiger partial charge on any atom is -0.394 e. The van der Waals surface area contributed by atoms with Gasteiger partial charge in [0.25, 0.3) is 5.91 Å². The molecule has 2 bridgehead atoms. The number of aliphatic hydroxyl groups excluding tert-OH is 1. The first-order chi connectivity index (χ1) is 21.2. The summed E-state index contributed by atoms with van der Waals surface area (Å²) in [5, 5.41) is 11.2. The highest BCUT2D eigenvalue weighted by Gasteiger charge is 2.74. The van der Waals surface area contributed by atoms with E-state index in [0.29, 0.717) is 30.2 Å². The van der Waals surface area contributed by atoms with Gasteiger partial charge in [-0.05, 0) is 48.6 Å². The highest BCUT2D eigenvalue weighted by Crippen LogP contribution is 2.67. The maximum absolute atomic E-state index is 14.8. The summed E-state index contributed by atoms with van der Waals surface area (Å²) in [5.41, 5.74) is 1.65. The van der Waals surface area contributed by atoms with Crippen molar-refractivity contribution in [2.45, 2.75) is 61.7 Å². The third-order valence-electron chi connectivity index (χ3n) is 9.70. The lowest BCUT2D eigenvalue weighted by atomic mass is 9.70. The van der Waals surface area contributed by atoms with Crippen molar-refractivity contribution in [1.82, 2.24) is 9.80 Å². The van der Waals surface area contributed by atoms with E-state index in [1.165, 1.54) is 0 Å². The summed E-state index contributed by atoms with van der Waals surface area (Å²) in [6.07, 6.45) is 5.50. The van der Waals surface area contributed by atoms with Gasteiger partial charge in [0.05, 0.1) is 29.2 Å². The number of nitrogens with zero attached hydrogens (tertiary/aromatic N) is 3. The van der Waals surface area contributed by atoms with E-state index in [9.17, 15) is 19.5 Å². The van der Waals surface area contributed by atoms with Gasteiger partial charge in [-0.3, -0.25) is 14.4 Å². The van der Waals surface area contributed by atoms with E-state index in [0.717, 1.165) is 18.4 Å². The molecule has 2 aromatic rings.